The second-order valence-corrected chi connectivity index (χ2v) is 3.10. The third kappa shape index (κ3) is 3.73. The first-order chi connectivity index (χ1) is 5.20. The first-order valence-corrected chi connectivity index (χ1v) is 4.64. The smallest absolute Gasteiger partial charge is 0.0190 e. The summed E-state index contributed by atoms with van der Waals surface area (Å²) in [5.74, 6) is 0. The van der Waals surface area contributed by atoms with Crippen LogP contribution in [-0.2, 0) is 0 Å². The van der Waals surface area contributed by atoms with Crippen LogP contribution in [-0.4, -0.2) is 37.1 Å². The average molecular weight is 158 g/mol. The Labute approximate surface area is 71.0 Å². The van der Waals surface area contributed by atoms with Crippen LogP contribution in [0.2, 0.25) is 0 Å². The highest BCUT2D eigenvalue weighted by atomic mass is 15.2. The molecule has 2 nitrogen and oxygen atoms in total. The summed E-state index contributed by atoms with van der Waals surface area (Å²) in [6.45, 7) is 10.8. The molecule has 11 heavy (non-hydrogen) atoms. The van der Waals surface area contributed by atoms with Gasteiger partial charge in [-0.15, -0.1) is 0 Å². The molecular weight excluding hydrogens is 136 g/mol. The summed E-state index contributed by atoms with van der Waals surface area (Å²) in [5, 5.41) is 3.42. The van der Waals surface area contributed by atoms with E-state index in [2.05, 4.69) is 31.1 Å². The van der Waals surface area contributed by atoms with Crippen molar-refractivity contribution in [3.05, 3.63) is 0 Å². The topological polar surface area (TPSA) is 15.3 Å². The molecule has 0 radical (unpaired) electrons. The standard InChI is InChI=1S/C7H16N2.C2H6/c1-6-5-9(3)7(2)4-8-6;1-2/h6-8H,4-5H2,1-3H3;1-2H3. The van der Waals surface area contributed by atoms with Gasteiger partial charge in [-0.2, -0.15) is 0 Å². The Hall–Kier alpha value is -0.0800. The highest BCUT2D eigenvalue weighted by Crippen LogP contribution is 2.01. The molecule has 1 aliphatic rings. The van der Waals surface area contributed by atoms with Gasteiger partial charge in [0.1, 0.15) is 0 Å². The van der Waals surface area contributed by atoms with E-state index in [4.69, 9.17) is 0 Å². The molecule has 0 aromatic rings. The Balaban J connectivity index is 0.000000461. The van der Waals surface area contributed by atoms with Gasteiger partial charge in [0.15, 0.2) is 0 Å². The van der Waals surface area contributed by atoms with Crippen LogP contribution in [0.1, 0.15) is 27.7 Å². The van der Waals surface area contributed by atoms with Crippen molar-refractivity contribution in [2.75, 3.05) is 20.1 Å². The molecular formula is C9H22N2. The van der Waals surface area contributed by atoms with Crippen LogP contribution in [0, 0.1) is 0 Å². The van der Waals surface area contributed by atoms with Gasteiger partial charge in [0.25, 0.3) is 0 Å². The van der Waals surface area contributed by atoms with Crippen LogP contribution >= 0.6 is 0 Å². The number of hydrogen-bond donors (Lipinski definition) is 1. The van der Waals surface area contributed by atoms with Crippen molar-refractivity contribution in [2.45, 2.75) is 39.8 Å². The van der Waals surface area contributed by atoms with Crippen molar-refractivity contribution in [1.82, 2.24) is 10.2 Å². The number of nitrogens with one attached hydrogen (secondary N) is 1. The second-order valence-electron chi connectivity index (χ2n) is 3.10. The minimum atomic E-state index is 0.672. The summed E-state index contributed by atoms with van der Waals surface area (Å²) in [5.41, 5.74) is 0. The Bertz CT molecular complexity index is 93.6. The van der Waals surface area contributed by atoms with E-state index in [0.717, 1.165) is 6.54 Å². The van der Waals surface area contributed by atoms with E-state index in [1.165, 1.54) is 6.54 Å². The maximum absolute atomic E-state index is 3.42. The van der Waals surface area contributed by atoms with Gasteiger partial charge in [0, 0.05) is 25.2 Å². The van der Waals surface area contributed by atoms with Crippen molar-refractivity contribution in [3.63, 3.8) is 0 Å². The van der Waals surface area contributed by atoms with Crippen LogP contribution in [0.5, 0.6) is 0 Å². The van der Waals surface area contributed by atoms with Gasteiger partial charge in [0.05, 0.1) is 0 Å². The Morgan fingerprint density at radius 3 is 2.18 bits per heavy atom. The Kier molecular flexibility index (Phi) is 5.51. The van der Waals surface area contributed by atoms with Crippen LogP contribution in [0.4, 0.5) is 0 Å². The number of piperazine rings is 1. The van der Waals surface area contributed by atoms with E-state index in [0.29, 0.717) is 12.1 Å². The molecule has 2 heteroatoms. The van der Waals surface area contributed by atoms with Gasteiger partial charge < -0.3 is 10.2 Å². The number of hydrogen-bond acceptors (Lipinski definition) is 2. The molecule has 2 unspecified atom stereocenters. The second kappa shape index (κ2) is 5.56. The molecule has 0 saturated carbocycles. The number of rotatable bonds is 0. The zero-order valence-electron chi connectivity index (χ0n) is 8.52. The van der Waals surface area contributed by atoms with E-state index >= 15 is 0 Å². The highest BCUT2D eigenvalue weighted by Gasteiger charge is 2.17. The van der Waals surface area contributed by atoms with E-state index < -0.39 is 0 Å². The molecule has 0 aromatic heterocycles. The van der Waals surface area contributed by atoms with Crippen LogP contribution in [0.25, 0.3) is 0 Å². The quantitative estimate of drug-likeness (QED) is 0.572. The lowest BCUT2D eigenvalue weighted by atomic mass is 10.2. The van der Waals surface area contributed by atoms with Gasteiger partial charge in [-0.3, -0.25) is 0 Å². The SMILES string of the molecule is CC.CC1CN(C)C(C)CN1. The van der Waals surface area contributed by atoms with Gasteiger partial charge in [-0.05, 0) is 20.9 Å². The molecule has 2 atom stereocenters. The molecule has 0 aromatic carbocycles. The third-order valence-electron chi connectivity index (χ3n) is 2.08. The maximum Gasteiger partial charge on any atom is 0.0190 e. The minimum absolute atomic E-state index is 0.672. The molecule has 1 N–H and O–H groups in total. The van der Waals surface area contributed by atoms with Crippen LogP contribution < -0.4 is 5.32 Å². The summed E-state index contributed by atoms with van der Waals surface area (Å²) < 4.78 is 0. The molecule has 1 saturated heterocycles. The van der Waals surface area contributed by atoms with Crippen molar-refractivity contribution in [2.24, 2.45) is 0 Å². The lowest BCUT2D eigenvalue weighted by Crippen LogP contribution is -2.52. The lowest BCUT2D eigenvalue weighted by molar-refractivity contribution is 0.182. The van der Waals surface area contributed by atoms with E-state index in [-0.39, 0.29) is 0 Å². The fourth-order valence-corrected chi connectivity index (χ4v) is 1.20. The Morgan fingerprint density at radius 2 is 1.82 bits per heavy atom. The molecule has 1 rings (SSSR count). The van der Waals surface area contributed by atoms with Crippen molar-refractivity contribution in [3.8, 4) is 0 Å². The van der Waals surface area contributed by atoms with Crippen LogP contribution in [0.15, 0.2) is 0 Å². The zero-order chi connectivity index (χ0) is 8.85. The summed E-state index contributed by atoms with van der Waals surface area (Å²) in [6, 6.07) is 1.38. The molecule has 1 fully saturated rings. The van der Waals surface area contributed by atoms with Gasteiger partial charge >= 0.3 is 0 Å². The fraction of sp³-hybridized carbons (Fsp3) is 1.00. The fourth-order valence-electron chi connectivity index (χ4n) is 1.20. The normalized spacial score (nSPS) is 32.5. The monoisotopic (exact) mass is 158 g/mol. The van der Waals surface area contributed by atoms with Gasteiger partial charge in [-0.1, -0.05) is 13.8 Å². The molecule has 0 spiro atoms. The van der Waals surface area contributed by atoms with E-state index in [9.17, 15) is 0 Å². The zero-order valence-corrected chi connectivity index (χ0v) is 8.52. The highest BCUT2D eigenvalue weighted by molar-refractivity contribution is 4.78. The van der Waals surface area contributed by atoms with Gasteiger partial charge in [-0.25, -0.2) is 0 Å². The first kappa shape index (κ1) is 10.9. The van der Waals surface area contributed by atoms with E-state index in [1.54, 1.807) is 0 Å². The van der Waals surface area contributed by atoms with Crippen molar-refractivity contribution in [1.29, 1.82) is 0 Å². The van der Waals surface area contributed by atoms with Crippen molar-refractivity contribution >= 4 is 0 Å². The summed E-state index contributed by atoms with van der Waals surface area (Å²) in [4.78, 5) is 2.39. The average Bonchev–Trinajstić information content (AvgIpc) is 2.02. The number of likely N-dealkylation sites (N-methyl/N-ethyl adjacent to an activating group) is 1. The first-order valence-electron chi connectivity index (χ1n) is 4.64. The lowest BCUT2D eigenvalue weighted by Gasteiger charge is -2.34. The summed E-state index contributed by atoms with van der Waals surface area (Å²) >= 11 is 0. The minimum Gasteiger partial charge on any atom is -0.311 e. The molecule has 0 bridgehead atoms. The van der Waals surface area contributed by atoms with E-state index in [1.807, 2.05) is 13.8 Å². The van der Waals surface area contributed by atoms with Gasteiger partial charge in [0.2, 0.25) is 0 Å². The largest absolute Gasteiger partial charge is 0.311 e. The molecule has 0 amide bonds. The molecule has 68 valence electrons. The van der Waals surface area contributed by atoms with Crippen LogP contribution in [0.3, 0.4) is 0 Å². The predicted molar refractivity (Wildman–Crippen MR) is 50.9 cm³/mol. The molecule has 0 aliphatic carbocycles. The summed E-state index contributed by atoms with van der Waals surface area (Å²) in [6.07, 6.45) is 0. The number of nitrogens with zero attached hydrogens (tertiary/aromatic N) is 1. The predicted octanol–water partition coefficient (Wildman–Crippen LogP) is 1.32. The maximum atomic E-state index is 3.42. The Morgan fingerprint density at radius 1 is 1.27 bits per heavy atom. The third-order valence-corrected chi connectivity index (χ3v) is 2.08. The summed E-state index contributed by atoms with van der Waals surface area (Å²) in [7, 11) is 2.18. The molecule has 1 aliphatic heterocycles. The molecule has 1 heterocycles. The van der Waals surface area contributed by atoms with Crippen molar-refractivity contribution < 1.29 is 0 Å².